The van der Waals surface area contributed by atoms with Crippen LogP contribution in [0.15, 0.2) is 91.0 Å². The number of hydrogen-bond donors (Lipinski definition) is 0. The molecule has 0 N–H and O–H groups in total. The normalized spacial score (nSPS) is 10.1. The summed E-state index contributed by atoms with van der Waals surface area (Å²) in [7, 11) is 1.67. The van der Waals surface area contributed by atoms with Crippen LogP contribution in [0.5, 0.6) is 5.75 Å². The van der Waals surface area contributed by atoms with Gasteiger partial charge in [0.2, 0.25) is 0 Å². The first-order chi connectivity index (χ1) is 12.9. The standard InChI is InChI=1S/C25H18O.Pd/c1-26-21-17-15-20(16-18-21)23-12-6-8-14-25(23)24-13-7-5-11-22(24)19-9-3-2-4-10-19;/h2-9,11-15,17-18H,1H3;/q-2;+2. The van der Waals surface area contributed by atoms with Crippen molar-refractivity contribution in [2.24, 2.45) is 0 Å². The number of benzene rings is 4. The molecule has 4 rings (SSSR count). The van der Waals surface area contributed by atoms with Gasteiger partial charge in [-0.3, -0.25) is 0 Å². The van der Waals surface area contributed by atoms with Crippen LogP contribution in [0, 0.1) is 12.1 Å². The van der Waals surface area contributed by atoms with Crippen molar-refractivity contribution in [2.45, 2.75) is 0 Å². The van der Waals surface area contributed by atoms with E-state index in [0.717, 1.165) is 22.4 Å². The number of hydrogen-bond acceptors (Lipinski definition) is 1. The monoisotopic (exact) mass is 440 g/mol. The zero-order chi connectivity index (χ0) is 17.8. The molecule has 4 aromatic rings. The summed E-state index contributed by atoms with van der Waals surface area (Å²) in [6, 6.07) is 37.6. The molecule has 0 fully saturated rings. The van der Waals surface area contributed by atoms with Gasteiger partial charge < -0.3 is 4.74 Å². The Bertz CT molecular complexity index is 1010. The van der Waals surface area contributed by atoms with Crippen molar-refractivity contribution >= 4 is 0 Å². The molecule has 0 bridgehead atoms. The number of ether oxygens (including phenoxy) is 1. The molecule has 0 radical (unpaired) electrons. The number of methoxy groups -OCH3 is 1. The smallest absolute Gasteiger partial charge is 0.540 e. The summed E-state index contributed by atoms with van der Waals surface area (Å²) in [5.74, 6) is 0.811. The Morgan fingerprint density at radius 1 is 0.593 bits per heavy atom. The SMILES string of the molecule is COc1c[c-]c(-c2ccccc2-c2ccccc2-c2[c-]cccc2)cc1.[Pd+2]. The fraction of sp³-hybridized carbons (Fsp3) is 0.0400. The molecule has 0 heterocycles. The predicted octanol–water partition coefficient (Wildman–Crippen LogP) is 6.29. The van der Waals surface area contributed by atoms with Crippen LogP contribution >= 0.6 is 0 Å². The van der Waals surface area contributed by atoms with Gasteiger partial charge in [-0.05, 0) is 0 Å². The second-order valence-corrected chi connectivity index (χ2v) is 6.01. The summed E-state index contributed by atoms with van der Waals surface area (Å²) < 4.78 is 5.26. The van der Waals surface area contributed by atoms with Gasteiger partial charge in [-0.2, -0.15) is 0 Å². The molecule has 0 aliphatic carbocycles. The van der Waals surface area contributed by atoms with Crippen LogP contribution in [0.1, 0.15) is 0 Å². The minimum Gasteiger partial charge on any atom is -0.540 e. The Kier molecular flexibility index (Phi) is 6.25. The third-order valence-corrected chi connectivity index (χ3v) is 4.45. The van der Waals surface area contributed by atoms with Gasteiger partial charge in [-0.15, -0.1) is 65.7 Å². The van der Waals surface area contributed by atoms with Crippen LogP contribution in [0.25, 0.3) is 33.4 Å². The molecule has 0 amide bonds. The molecule has 2 heteroatoms. The summed E-state index contributed by atoms with van der Waals surface area (Å²) in [6.45, 7) is 0. The van der Waals surface area contributed by atoms with Crippen molar-refractivity contribution in [1.29, 1.82) is 0 Å². The van der Waals surface area contributed by atoms with Gasteiger partial charge >= 0.3 is 20.4 Å². The number of rotatable bonds is 4. The molecule has 0 saturated carbocycles. The van der Waals surface area contributed by atoms with Crippen molar-refractivity contribution in [3.8, 4) is 39.1 Å². The molecule has 0 atom stereocenters. The molecular weight excluding hydrogens is 423 g/mol. The summed E-state index contributed by atoms with van der Waals surface area (Å²) in [6.07, 6.45) is 0. The minimum absolute atomic E-state index is 0. The van der Waals surface area contributed by atoms with Crippen LogP contribution in [-0.2, 0) is 20.4 Å². The Hall–Kier alpha value is -2.66. The van der Waals surface area contributed by atoms with E-state index in [1.54, 1.807) is 7.11 Å². The molecule has 27 heavy (non-hydrogen) atoms. The van der Waals surface area contributed by atoms with Crippen LogP contribution < -0.4 is 4.74 Å². The third kappa shape index (κ3) is 4.03. The zero-order valence-corrected chi connectivity index (χ0v) is 16.4. The van der Waals surface area contributed by atoms with Gasteiger partial charge in [0.25, 0.3) is 0 Å². The summed E-state index contributed by atoms with van der Waals surface area (Å²) in [5.41, 5.74) is 6.84. The molecule has 0 aliphatic heterocycles. The fourth-order valence-electron chi connectivity index (χ4n) is 3.17. The average molecular weight is 441 g/mol. The van der Waals surface area contributed by atoms with Gasteiger partial charge in [0.1, 0.15) is 0 Å². The van der Waals surface area contributed by atoms with E-state index in [1.807, 2.05) is 30.3 Å². The van der Waals surface area contributed by atoms with E-state index < -0.39 is 0 Å². The van der Waals surface area contributed by atoms with Gasteiger partial charge in [0.05, 0.1) is 7.11 Å². The molecule has 0 saturated heterocycles. The first-order valence-electron chi connectivity index (χ1n) is 8.58. The van der Waals surface area contributed by atoms with Crippen molar-refractivity contribution in [2.75, 3.05) is 7.11 Å². The van der Waals surface area contributed by atoms with Crippen molar-refractivity contribution in [3.63, 3.8) is 0 Å². The molecule has 0 aromatic heterocycles. The van der Waals surface area contributed by atoms with Crippen LogP contribution in [0.4, 0.5) is 0 Å². The van der Waals surface area contributed by atoms with E-state index in [0.29, 0.717) is 0 Å². The average Bonchev–Trinajstić information content (AvgIpc) is 2.74. The first kappa shape index (κ1) is 19.1. The fourth-order valence-corrected chi connectivity index (χ4v) is 3.17. The van der Waals surface area contributed by atoms with Gasteiger partial charge in [-0.25, -0.2) is 0 Å². The van der Waals surface area contributed by atoms with Crippen LogP contribution in [0.3, 0.4) is 0 Å². The van der Waals surface area contributed by atoms with Crippen molar-refractivity contribution in [3.05, 3.63) is 103 Å². The Labute approximate surface area is 174 Å². The Balaban J connectivity index is 0.00000210. The third-order valence-electron chi connectivity index (χ3n) is 4.45. The molecule has 1 nitrogen and oxygen atoms in total. The second-order valence-electron chi connectivity index (χ2n) is 6.01. The first-order valence-corrected chi connectivity index (χ1v) is 8.58. The summed E-state index contributed by atoms with van der Waals surface area (Å²) in [4.78, 5) is 0. The Morgan fingerprint density at radius 3 is 1.63 bits per heavy atom. The molecule has 134 valence electrons. The van der Waals surface area contributed by atoms with Gasteiger partial charge in [0.15, 0.2) is 0 Å². The Morgan fingerprint density at radius 2 is 1.15 bits per heavy atom. The zero-order valence-electron chi connectivity index (χ0n) is 14.9. The molecule has 4 aromatic carbocycles. The van der Waals surface area contributed by atoms with E-state index in [-0.39, 0.29) is 20.4 Å². The van der Waals surface area contributed by atoms with E-state index in [2.05, 4.69) is 72.8 Å². The van der Waals surface area contributed by atoms with Crippen molar-refractivity contribution in [1.82, 2.24) is 0 Å². The molecular formula is C25H18OPd. The van der Waals surface area contributed by atoms with E-state index in [1.165, 1.54) is 16.7 Å². The van der Waals surface area contributed by atoms with Gasteiger partial charge in [0, 0.05) is 5.75 Å². The van der Waals surface area contributed by atoms with Crippen molar-refractivity contribution < 1.29 is 25.2 Å². The van der Waals surface area contributed by atoms with E-state index in [9.17, 15) is 0 Å². The maximum absolute atomic E-state index is 5.26. The van der Waals surface area contributed by atoms with E-state index >= 15 is 0 Å². The van der Waals surface area contributed by atoms with Crippen LogP contribution in [-0.4, -0.2) is 7.11 Å². The van der Waals surface area contributed by atoms with Crippen LogP contribution in [0.2, 0.25) is 0 Å². The topological polar surface area (TPSA) is 9.23 Å². The largest absolute Gasteiger partial charge is 2.00 e. The van der Waals surface area contributed by atoms with E-state index in [4.69, 9.17) is 4.74 Å². The minimum atomic E-state index is 0. The maximum atomic E-state index is 5.26. The quantitative estimate of drug-likeness (QED) is 0.267. The molecule has 0 unspecified atom stereocenters. The molecule has 0 aliphatic rings. The summed E-state index contributed by atoms with van der Waals surface area (Å²) >= 11 is 0. The second kappa shape index (κ2) is 8.82. The maximum Gasteiger partial charge on any atom is 2.00 e. The summed E-state index contributed by atoms with van der Waals surface area (Å²) in [5, 5.41) is 0. The van der Waals surface area contributed by atoms with Gasteiger partial charge in [-0.1, -0.05) is 70.8 Å². The predicted molar refractivity (Wildman–Crippen MR) is 107 cm³/mol. The molecule has 0 spiro atoms.